The van der Waals surface area contributed by atoms with Gasteiger partial charge in [0.15, 0.2) is 0 Å². The van der Waals surface area contributed by atoms with Crippen LogP contribution in [0.2, 0.25) is 0 Å². The van der Waals surface area contributed by atoms with Crippen LogP contribution in [0.4, 0.5) is 10.1 Å². The van der Waals surface area contributed by atoms with Gasteiger partial charge in [-0.3, -0.25) is 0 Å². The maximum absolute atomic E-state index is 13.4. The van der Waals surface area contributed by atoms with Crippen LogP contribution in [0, 0.1) is 5.82 Å². The molecule has 0 heterocycles. The third-order valence-corrected chi connectivity index (χ3v) is 4.13. The van der Waals surface area contributed by atoms with Crippen molar-refractivity contribution in [3.63, 3.8) is 0 Å². The van der Waals surface area contributed by atoms with Crippen LogP contribution in [-0.2, 0) is 6.42 Å². The van der Waals surface area contributed by atoms with E-state index < -0.39 is 6.10 Å². The summed E-state index contributed by atoms with van der Waals surface area (Å²) >= 11 is 3.22. The third kappa shape index (κ3) is 3.38. The van der Waals surface area contributed by atoms with E-state index in [0.29, 0.717) is 10.9 Å². The summed E-state index contributed by atoms with van der Waals surface area (Å²) in [7, 11) is 3.94. The van der Waals surface area contributed by atoms with Crippen molar-refractivity contribution in [1.29, 1.82) is 0 Å². The van der Waals surface area contributed by atoms with Gasteiger partial charge in [0.2, 0.25) is 0 Å². The normalized spacial score (nSPS) is 12.2. The Morgan fingerprint density at radius 3 is 2.40 bits per heavy atom. The fraction of sp³-hybridized carbons (Fsp3) is 0.250. The van der Waals surface area contributed by atoms with E-state index in [0.717, 1.165) is 16.8 Å². The van der Waals surface area contributed by atoms with Gasteiger partial charge in [-0.25, -0.2) is 4.39 Å². The molecule has 106 valence electrons. The van der Waals surface area contributed by atoms with E-state index in [1.165, 1.54) is 6.07 Å². The standard InChI is InChI=1S/C16H17BrFNO/c1-19(2)13-8-6-11(7-9-13)15(20)10-12-4-3-5-14(18)16(12)17/h3-9,15,20H,10H2,1-2H3. The van der Waals surface area contributed by atoms with Gasteiger partial charge in [-0.15, -0.1) is 0 Å². The summed E-state index contributed by atoms with van der Waals surface area (Å²) in [5.41, 5.74) is 2.66. The van der Waals surface area contributed by atoms with Gasteiger partial charge >= 0.3 is 0 Å². The van der Waals surface area contributed by atoms with Crippen LogP contribution in [0.5, 0.6) is 0 Å². The zero-order valence-corrected chi connectivity index (χ0v) is 13.1. The number of benzene rings is 2. The molecule has 0 aliphatic carbocycles. The van der Waals surface area contributed by atoms with Gasteiger partial charge in [0.05, 0.1) is 10.6 Å². The number of hydrogen-bond acceptors (Lipinski definition) is 2. The zero-order chi connectivity index (χ0) is 14.7. The van der Waals surface area contributed by atoms with Crippen molar-refractivity contribution in [2.24, 2.45) is 0 Å². The first-order valence-corrected chi connectivity index (χ1v) is 7.16. The van der Waals surface area contributed by atoms with Crippen molar-refractivity contribution < 1.29 is 9.50 Å². The highest BCUT2D eigenvalue weighted by Crippen LogP contribution is 2.26. The summed E-state index contributed by atoms with van der Waals surface area (Å²) in [6, 6.07) is 12.6. The van der Waals surface area contributed by atoms with E-state index in [9.17, 15) is 9.50 Å². The molecule has 0 bridgehead atoms. The summed E-state index contributed by atoms with van der Waals surface area (Å²) in [6.45, 7) is 0. The maximum Gasteiger partial charge on any atom is 0.137 e. The Kier molecular flexibility index (Phi) is 4.78. The van der Waals surface area contributed by atoms with Crippen LogP contribution in [0.25, 0.3) is 0 Å². The van der Waals surface area contributed by atoms with Crippen LogP contribution in [0.3, 0.4) is 0 Å². The highest BCUT2D eigenvalue weighted by atomic mass is 79.9. The molecule has 0 fully saturated rings. The summed E-state index contributed by atoms with van der Waals surface area (Å²) < 4.78 is 13.9. The molecule has 0 saturated carbocycles. The fourth-order valence-electron chi connectivity index (χ4n) is 2.03. The second-order valence-corrected chi connectivity index (χ2v) is 5.71. The molecular formula is C16H17BrFNO. The Bertz CT molecular complexity index is 584. The first kappa shape index (κ1) is 15.0. The number of anilines is 1. The highest BCUT2D eigenvalue weighted by molar-refractivity contribution is 9.10. The molecule has 2 aromatic rings. The monoisotopic (exact) mass is 337 g/mol. The lowest BCUT2D eigenvalue weighted by molar-refractivity contribution is 0.178. The SMILES string of the molecule is CN(C)c1ccc(C(O)Cc2cccc(F)c2Br)cc1. The first-order chi connectivity index (χ1) is 9.49. The van der Waals surface area contributed by atoms with Gasteiger partial charge in [-0.05, 0) is 45.3 Å². The molecule has 1 N–H and O–H groups in total. The Morgan fingerprint density at radius 1 is 1.15 bits per heavy atom. The number of aliphatic hydroxyl groups excluding tert-OH is 1. The smallest absolute Gasteiger partial charge is 0.137 e. The molecule has 2 rings (SSSR count). The van der Waals surface area contributed by atoms with E-state index in [-0.39, 0.29) is 5.82 Å². The second-order valence-electron chi connectivity index (χ2n) is 4.92. The average Bonchev–Trinajstić information content (AvgIpc) is 2.44. The summed E-state index contributed by atoms with van der Waals surface area (Å²) in [4.78, 5) is 2.00. The molecular weight excluding hydrogens is 321 g/mol. The van der Waals surface area contributed by atoms with E-state index in [1.807, 2.05) is 49.3 Å². The van der Waals surface area contributed by atoms with Gasteiger partial charge in [-0.2, -0.15) is 0 Å². The fourth-order valence-corrected chi connectivity index (χ4v) is 2.45. The van der Waals surface area contributed by atoms with E-state index >= 15 is 0 Å². The van der Waals surface area contributed by atoms with E-state index in [4.69, 9.17) is 0 Å². The maximum atomic E-state index is 13.4. The van der Waals surface area contributed by atoms with Gasteiger partial charge in [0.1, 0.15) is 5.82 Å². The minimum absolute atomic E-state index is 0.308. The lowest BCUT2D eigenvalue weighted by Gasteiger charge is -2.16. The van der Waals surface area contributed by atoms with Crippen LogP contribution >= 0.6 is 15.9 Å². The lowest BCUT2D eigenvalue weighted by Crippen LogP contribution is -2.09. The number of rotatable bonds is 4. The van der Waals surface area contributed by atoms with Crippen LogP contribution in [0.1, 0.15) is 17.2 Å². The van der Waals surface area contributed by atoms with Gasteiger partial charge in [-0.1, -0.05) is 24.3 Å². The van der Waals surface area contributed by atoms with Crippen LogP contribution < -0.4 is 4.90 Å². The lowest BCUT2D eigenvalue weighted by atomic mass is 10.0. The average molecular weight is 338 g/mol. The molecule has 0 aliphatic rings. The Morgan fingerprint density at radius 2 is 1.80 bits per heavy atom. The summed E-state index contributed by atoms with van der Waals surface area (Å²) in [5, 5.41) is 10.3. The predicted molar refractivity (Wildman–Crippen MR) is 83.5 cm³/mol. The zero-order valence-electron chi connectivity index (χ0n) is 11.5. The first-order valence-electron chi connectivity index (χ1n) is 6.37. The Hall–Kier alpha value is -1.39. The minimum atomic E-state index is -0.649. The number of aliphatic hydroxyl groups is 1. The Labute approximate surface area is 127 Å². The molecule has 1 unspecified atom stereocenters. The molecule has 0 saturated heterocycles. The van der Waals surface area contributed by atoms with Crippen LogP contribution in [0.15, 0.2) is 46.9 Å². The van der Waals surface area contributed by atoms with Gasteiger partial charge < -0.3 is 10.0 Å². The molecule has 0 radical (unpaired) electrons. The topological polar surface area (TPSA) is 23.5 Å². The molecule has 4 heteroatoms. The van der Waals surface area contributed by atoms with Crippen molar-refractivity contribution in [1.82, 2.24) is 0 Å². The number of hydrogen-bond donors (Lipinski definition) is 1. The highest BCUT2D eigenvalue weighted by Gasteiger charge is 2.12. The van der Waals surface area contributed by atoms with Crippen molar-refractivity contribution in [2.45, 2.75) is 12.5 Å². The largest absolute Gasteiger partial charge is 0.388 e. The summed E-state index contributed by atoms with van der Waals surface area (Å²) in [5.74, 6) is -0.308. The van der Waals surface area contributed by atoms with Crippen molar-refractivity contribution in [3.05, 3.63) is 63.9 Å². The molecule has 2 nitrogen and oxygen atoms in total. The minimum Gasteiger partial charge on any atom is -0.388 e. The van der Waals surface area contributed by atoms with Crippen molar-refractivity contribution >= 4 is 21.6 Å². The van der Waals surface area contributed by atoms with Crippen molar-refractivity contribution in [2.75, 3.05) is 19.0 Å². The molecule has 1 atom stereocenters. The molecule has 0 aliphatic heterocycles. The molecule has 0 aromatic heterocycles. The number of halogens is 2. The molecule has 0 amide bonds. The van der Waals surface area contributed by atoms with Crippen LogP contribution in [-0.4, -0.2) is 19.2 Å². The Balaban J connectivity index is 2.15. The number of nitrogens with zero attached hydrogens (tertiary/aromatic N) is 1. The van der Waals surface area contributed by atoms with E-state index in [2.05, 4.69) is 15.9 Å². The predicted octanol–water partition coefficient (Wildman–Crippen LogP) is 3.93. The molecule has 20 heavy (non-hydrogen) atoms. The molecule has 0 spiro atoms. The van der Waals surface area contributed by atoms with Crippen molar-refractivity contribution in [3.8, 4) is 0 Å². The second kappa shape index (κ2) is 6.37. The van der Waals surface area contributed by atoms with Gasteiger partial charge in [0.25, 0.3) is 0 Å². The molecule has 2 aromatic carbocycles. The summed E-state index contributed by atoms with van der Waals surface area (Å²) in [6.07, 6.45) is -0.274. The van der Waals surface area contributed by atoms with E-state index in [1.54, 1.807) is 6.07 Å². The quantitative estimate of drug-likeness (QED) is 0.913. The third-order valence-electron chi connectivity index (χ3n) is 3.24. The van der Waals surface area contributed by atoms with Gasteiger partial charge in [0, 0.05) is 26.2 Å².